The Kier molecular flexibility index (Phi) is 3.95. The molecule has 1 saturated carbocycles. The van der Waals surface area contributed by atoms with Crippen molar-refractivity contribution in [3.05, 3.63) is 23.3 Å². The smallest absolute Gasteiger partial charge is 0.339 e. The second-order valence-corrected chi connectivity index (χ2v) is 5.48. The Labute approximate surface area is 126 Å². The van der Waals surface area contributed by atoms with E-state index in [4.69, 9.17) is 24.9 Å². The molecule has 1 aromatic carbocycles. The zero-order chi connectivity index (χ0) is 16.5. The first-order valence-corrected chi connectivity index (χ1v) is 6.56. The minimum Gasteiger partial charge on any atom is -0.496 e. The number of ether oxygens (including phenoxy) is 2. The van der Waals surface area contributed by atoms with Gasteiger partial charge in [-0.3, -0.25) is 4.79 Å². The molecule has 1 aliphatic carbocycles. The van der Waals surface area contributed by atoms with E-state index in [9.17, 15) is 9.59 Å². The fourth-order valence-corrected chi connectivity index (χ4v) is 2.46. The first kappa shape index (κ1) is 15.6. The van der Waals surface area contributed by atoms with Crippen molar-refractivity contribution in [1.29, 1.82) is 5.26 Å². The number of nitrogens with zero attached hydrogens (tertiary/aromatic N) is 1. The molecule has 7 heteroatoms. The maximum atomic E-state index is 11.2. The van der Waals surface area contributed by atoms with Crippen LogP contribution in [0.1, 0.15) is 35.7 Å². The molecule has 0 heterocycles. The summed E-state index contributed by atoms with van der Waals surface area (Å²) in [5.41, 5.74) is -0.804. The third-order valence-corrected chi connectivity index (χ3v) is 3.82. The Morgan fingerprint density at radius 1 is 1.32 bits per heavy atom. The number of carboxylic acid groups (broad SMARTS) is 2. The number of nitriles is 1. The van der Waals surface area contributed by atoms with Gasteiger partial charge in [0.25, 0.3) is 0 Å². The van der Waals surface area contributed by atoms with Crippen LogP contribution in [-0.2, 0) is 4.79 Å². The Bertz CT molecular complexity index is 669. The van der Waals surface area contributed by atoms with Crippen molar-refractivity contribution in [2.45, 2.75) is 25.9 Å². The SMILES string of the molecule is COc1cc(C#N)c(O[C@H]2C[C@@](C)(C(=O)O)C2)cc1C(=O)O. The van der Waals surface area contributed by atoms with Gasteiger partial charge in [-0.25, -0.2) is 4.79 Å². The zero-order valence-corrected chi connectivity index (χ0v) is 12.1. The third kappa shape index (κ3) is 2.68. The molecule has 0 atom stereocenters. The maximum Gasteiger partial charge on any atom is 0.339 e. The number of benzene rings is 1. The van der Waals surface area contributed by atoms with Crippen LogP contribution in [0.15, 0.2) is 12.1 Å². The van der Waals surface area contributed by atoms with Crippen LogP contribution in [0.2, 0.25) is 0 Å². The van der Waals surface area contributed by atoms with Crippen molar-refractivity contribution in [3.63, 3.8) is 0 Å². The van der Waals surface area contributed by atoms with Crippen molar-refractivity contribution in [2.75, 3.05) is 7.11 Å². The van der Waals surface area contributed by atoms with Crippen LogP contribution in [0.5, 0.6) is 11.5 Å². The maximum absolute atomic E-state index is 11.2. The van der Waals surface area contributed by atoms with Crippen LogP contribution >= 0.6 is 0 Å². The molecule has 0 radical (unpaired) electrons. The highest BCUT2D eigenvalue weighted by Crippen LogP contribution is 2.43. The van der Waals surface area contributed by atoms with Gasteiger partial charge in [0.2, 0.25) is 0 Å². The van der Waals surface area contributed by atoms with E-state index >= 15 is 0 Å². The monoisotopic (exact) mass is 305 g/mol. The Morgan fingerprint density at radius 3 is 2.41 bits per heavy atom. The second kappa shape index (κ2) is 5.56. The summed E-state index contributed by atoms with van der Waals surface area (Å²) < 4.78 is 10.6. The lowest BCUT2D eigenvalue weighted by molar-refractivity contribution is -0.159. The molecule has 0 spiro atoms. The molecule has 0 bridgehead atoms. The Balaban J connectivity index is 2.25. The summed E-state index contributed by atoms with van der Waals surface area (Å²) in [5, 5.41) is 27.3. The van der Waals surface area contributed by atoms with E-state index in [1.54, 1.807) is 6.92 Å². The number of aliphatic carboxylic acids is 1. The quantitative estimate of drug-likeness (QED) is 0.853. The van der Waals surface area contributed by atoms with E-state index in [1.807, 2.05) is 6.07 Å². The van der Waals surface area contributed by atoms with Crippen molar-refractivity contribution in [2.24, 2.45) is 5.41 Å². The third-order valence-electron chi connectivity index (χ3n) is 3.82. The predicted molar refractivity (Wildman–Crippen MR) is 74.1 cm³/mol. The molecule has 2 rings (SSSR count). The molecule has 22 heavy (non-hydrogen) atoms. The van der Waals surface area contributed by atoms with Gasteiger partial charge in [0, 0.05) is 18.9 Å². The second-order valence-electron chi connectivity index (χ2n) is 5.48. The molecule has 0 aromatic heterocycles. The lowest BCUT2D eigenvalue weighted by atomic mass is 9.68. The zero-order valence-electron chi connectivity index (χ0n) is 12.1. The molecule has 0 unspecified atom stereocenters. The summed E-state index contributed by atoms with van der Waals surface area (Å²) in [6, 6.07) is 4.45. The number of aromatic carboxylic acids is 1. The highest BCUT2D eigenvalue weighted by molar-refractivity contribution is 5.92. The molecule has 0 amide bonds. The number of carboxylic acids is 2. The van der Waals surface area contributed by atoms with Crippen LogP contribution in [0.3, 0.4) is 0 Å². The van der Waals surface area contributed by atoms with Crippen molar-refractivity contribution in [3.8, 4) is 17.6 Å². The van der Waals surface area contributed by atoms with Crippen LogP contribution in [0.25, 0.3) is 0 Å². The van der Waals surface area contributed by atoms with Crippen molar-refractivity contribution >= 4 is 11.9 Å². The fraction of sp³-hybridized carbons (Fsp3) is 0.400. The average Bonchev–Trinajstić information content (AvgIpc) is 2.44. The first-order chi connectivity index (χ1) is 10.3. The van der Waals surface area contributed by atoms with E-state index in [0.29, 0.717) is 12.8 Å². The number of hydrogen-bond acceptors (Lipinski definition) is 5. The highest BCUT2D eigenvalue weighted by Gasteiger charge is 2.48. The van der Waals surface area contributed by atoms with Gasteiger partial charge < -0.3 is 19.7 Å². The molecular weight excluding hydrogens is 290 g/mol. The number of hydrogen-bond donors (Lipinski definition) is 2. The van der Waals surface area contributed by atoms with Gasteiger partial charge in [-0.1, -0.05) is 0 Å². The summed E-state index contributed by atoms with van der Waals surface area (Å²) in [4.78, 5) is 22.2. The topological polar surface area (TPSA) is 117 Å². The molecule has 7 nitrogen and oxygen atoms in total. The lowest BCUT2D eigenvalue weighted by Crippen LogP contribution is -2.47. The minimum absolute atomic E-state index is 0.0698. The molecule has 116 valence electrons. The summed E-state index contributed by atoms with van der Waals surface area (Å²) in [7, 11) is 1.31. The number of methoxy groups -OCH3 is 1. The summed E-state index contributed by atoms with van der Waals surface area (Å²) in [6.07, 6.45) is 0.256. The van der Waals surface area contributed by atoms with Gasteiger partial charge in [-0.05, 0) is 13.0 Å². The van der Waals surface area contributed by atoms with Crippen molar-refractivity contribution < 1.29 is 29.3 Å². The lowest BCUT2D eigenvalue weighted by Gasteiger charge is -2.41. The van der Waals surface area contributed by atoms with Crippen LogP contribution in [0.4, 0.5) is 0 Å². The molecule has 1 aromatic rings. The van der Waals surface area contributed by atoms with Crippen LogP contribution < -0.4 is 9.47 Å². The largest absolute Gasteiger partial charge is 0.496 e. The molecule has 2 N–H and O–H groups in total. The standard InChI is InChI=1S/C15H15NO6/c1-15(14(19)20)5-9(6-15)22-11-4-10(13(17)18)12(21-2)3-8(11)7-16/h3-4,9H,5-6H2,1-2H3,(H,17,18)(H,19,20)/t9-,15+. The minimum atomic E-state index is -1.20. The summed E-state index contributed by atoms with van der Waals surface area (Å²) >= 11 is 0. The summed E-state index contributed by atoms with van der Waals surface area (Å²) in [5.74, 6) is -1.90. The number of carbonyl (C=O) groups is 2. The van der Waals surface area contributed by atoms with Crippen LogP contribution in [0, 0.1) is 16.7 Å². The highest BCUT2D eigenvalue weighted by atomic mass is 16.5. The Hall–Kier alpha value is -2.75. The predicted octanol–water partition coefficient (Wildman–Crippen LogP) is 1.90. The van der Waals surface area contributed by atoms with Gasteiger partial charge in [0.15, 0.2) is 0 Å². The molecule has 0 aliphatic heterocycles. The molecular formula is C15H15NO6. The molecule has 1 fully saturated rings. The molecule has 1 aliphatic rings. The van der Waals surface area contributed by atoms with E-state index in [0.717, 1.165) is 0 Å². The van der Waals surface area contributed by atoms with E-state index in [1.165, 1.54) is 19.2 Å². The van der Waals surface area contributed by atoms with Gasteiger partial charge in [-0.2, -0.15) is 5.26 Å². The summed E-state index contributed by atoms with van der Waals surface area (Å²) in [6.45, 7) is 1.62. The first-order valence-electron chi connectivity index (χ1n) is 6.56. The van der Waals surface area contributed by atoms with Gasteiger partial charge in [0.1, 0.15) is 29.2 Å². The van der Waals surface area contributed by atoms with Gasteiger partial charge in [-0.15, -0.1) is 0 Å². The fourth-order valence-electron chi connectivity index (χ4n) is 2.46. The molecule has 0 saturated heterocycles. The van der Waals surface area contributed by atoms with Gasteiger partial charge >= 0.3 is 11.9 Å². The normalized spacial score (nSPS) is 23.0. The Morgan fingerprint density at radius 2 is 1.95 bits per heavy atom. The number of rotatable bonds is 5. The average molecular weight is 305 g/mol. The van der Waals surface area contributed by atoms with Gasteiger partial charge in [0.05, 0.1) is 18.1 Å². The van der Waals surface area contributed by atoms with E-state index in [2.05, 4.69) is 0 Å². The van der Waals surface area contributed by atoms with Crippen LogP contribution in [-0.4, -0.2) is 35.4 Å². The van der Waals surface area contributed by atoms with E-state index in [-0.39, 0.29) is 28.7 Å². The van der Waals surface area contributed by atoms with Crippen molar-refractivity contribution in [1.82, 2.24) is 0 Å². The van der Waals surface area contributed by atoms with E-state index < -0.39 is 17.4 Å².